The van der Waals surface area contributed by atoms with Gasteiger partial charge in [0, 0.05) is 44.0 Å². The van der Waals surface area contributed by atoms with Gasteiger partial charge in [0.2, 0.25) is 0 Å². The van der Waals surface area contributed by atoms with Crippen molar-refractivity contribution in [3.05, 3.63) is 70.8 Å². The number of carbonyl (C=O) groups excluding carboxylic acids is 2. The highest BCUT2D eigenvalue weighted by molar-refractivity contribution is 5.90. The van der Waals surface area contributed by atoms with Crippen LogP contribution in [0.15, 0.2) is 42.5 Å². The monoisotopic (exact) mass is 426 g/mol. The van der Waals surface area contributed by atoms with Crippen LogP contribution in [-0.2, 0) is 13.1 Å². The number of benzene rings is 2. The number of anilines is 1. The van der Waals surface area contributed by atoms with E-state index in [-0.39, 0.29) is 30.2 Å². The van der Waals surface area contributed by atoms with Crippen molar-refractivity contribution in [3.8, 4) is 0 Å². The summed E-state index contributed by atoms with van der Waals surface area (Å²) in [6.07, 6.45) is 2.80. The van der Waals surface area contributed by atoms with Gasteiger partial charge in [0.15, 0.2) is 0 Å². The van der Waals surface area contributed by atoms with E-state index in [0.29, 0.717) is 18.8 Å². The lowest BCUT2D eigenvalue weighted by atomic mass is 9.99. The second kappa shape index (κ2) is 8.37. The summed E-state index contributed by atoms with van der Waals surface area (Å²) in [4.78, 5) is 29.3. The van der Waals surface area contributed by atoms with Gasteiger partial charge in [0.25, 0.3) is 0 Å². The van der Waals surface area contributed by atoms with Crippen LogP contribution in [0, 0.1) is 11.6 Å². The SMILES string of the molecule is CN(C)C(=O)N1CC=C(c2ccc(NC(=O)N3Cc4c(F)ccc(F)c4C3)cc2)CC1. The van der Waals surface area contributed by atoms with Crippen molar-refractivity contribution in [3.63, 3.8) is 0 Å². The standard InChI is InChI=1S/C23H24F2N4O2/c1-27(2)23(31)28-11-9-16(10-12-28)15-3-5-17(6-4-15)26-22(30)29-13-18-19(14-29)21(25)8-7-20(18)24/h3-9H,10-14H2,1-2H3,(H,26,30). The topological polar surface area (TPSA) is 55.9 Å². The maximum atomic E-state index is 13.9. The summed E-state index contributed by atoms with van der Waals surface area (Å²) >= 11 is 0. The van der Waals surface area contributed by atoms with Crippen LogP contribution in [-0.4, -0.2) is 53.9 Å². The summed E-state index contributed by atoms with van der Waals surface area (Å²) in [5.74, 6) is -0.995. The highest BCUT2D eigenvalue weighted by atomic mass is 19.1. The fourth-order valence-electron chi connectivity index (χ4n) is 3.92. The molecule has 0 atom stereocenters. The van der Waals surface area contributed by atoms with Gasteiger partial charge >= 0.3 is 12.1 Å². The van der Waals surface area contributed by atoms with Crippen molar-refractivity contribution in [1.82, 2.24) is 14.7 Å². The molecule has 6 nitrogen and oxygen atoms in total. The molecular weight excluding hydrogens is 402 g/mol. The summed E-state index contributed by atoms with van der Waals surface area (Å²) in [6.45, 7) is 1.30. The molecule has 2 aliphatic heterocycles. The van der Waals surface area contributed by atoms with Gasteiger partial charge in [-0.3, -0.25) is 0 Å². The molecule has 4 rings (SSSR count). The molecule has 2 heterocycles. The number of hydrogen-bond donors (Lipinski definition) is 1. The van der Waals surface area contributed by atoms with E-state index < -0.39 is 17.7 Å². The lowest BCUT2D eigenvalue weighted by Gasteiger charge is -2.29. The van der Waals surface area contributed by atoms with Crippen LogP contribution < -0.4 is 5.32 Å². The molecule has 2 aromatic carbocycles. The lowest BCUT2D eigenvalue weighted by molar-refractivity contribution is 0.176. The van der Waals surface area contributed by atoms with Gasteiger partial charge in [-0.15, -0.1) is 0 Å². The van der Waals surface area contributed by atoms with Crippen LogP contribution in [0.5, 0.6) is 0 Å². The Bertz CT molecular complexity index is 1020. The number of nitrogens with zero attached hydrogens (tertiary/aromatic N) is 3. The Morgan fingerprint density at radius 2 is 1.55 bits per heavy atom. The molecular formula is C23H24F2N4O2. The molecule has 0 saturated heterocycles. The van der Waals surface area contributed by atoms with Gasteiger partial charge < -0.3 is 20.0 Å². The largest absolute Gasteiger partial charge is 0.331 e. The van der Waals surface area contributed by atoms with E-state index in [2.05, 4.69) is 5.32 Å². The maximum Gasteiger partial charge on any atom is 0.322 e. The van der Waals surface area contributed by atoms with Gasteiger partial charge in [-0.2, -0.15) is 0 Å². The Morgan fingerprint density at radius 3 is 2.06 bits per heavy atom. The number of amides is 4. The minimum absolute atomic E-state index is 0.00261. The first kappa shape index (κ1) is 20.8. The zero-order valence-corrected chi connectivity index (χ0v) is 17.5. The zero-order valence-electron chi connectivity index (χ0n) is 17.5. The van der Waals surface area contributed by atoms with Gasteiger partial charge in [-0.05, 0) is 41.8 Å². The lowest BCUT2D eigenvalue weighted by Crippen LogP contribution is -2.41. The van der Waals surface area contributed by atoms with Gasteiger partial charge in [0.1, 0.15) is 11.6 Å². The minimum Gasteiger partial charge on any atom is -0.331 e. The number of nitrogens with one attached hydrogen (secondary N) is 1. The first-order chi connectivity index (χ1) is 14.8. The summed E-state index contributed by atoms with van der Waals surface area (Å²) in [5.41, 5.74) is 3.26. The third-order valence-electron chi connectivity index (χ3n) is 5.67. The molecule has 4 amide bonds. The second-order valence-corrected chi connectivity index (χ2v) is 7.95. The molecule has 1 N–H and O–H groups in total. The number of urea groups is 2. The smallest absolute Gasteiger partial charge is 0.322 e. The van der Waals surface area contributed by atoms with Crippen molar-refractivity contribution < 1.29 is 18.4 Å². The van der Waals surface area contributed by atoms with E-state index in [9.17, 15) is 18.4 Å². The summed E-state index contributed by atoms with van der Waals surface area (Å²) in [7, 11) is 3.48. The van der Waals surface area contributed by atoms with E-state index in [1.165, 1.54) is 4.90 Å². The molecule has 2 aliphatic rings. The molecule has 0 fully saturated rings. The highest BCUT2D eigenvalue weighted by Crippen LogP contribution is 2.29. The molecule has 162 valence electrons. The minimum atomic E-state index is -0.498. The molecule has 0 bridgehead atoms. The maximum absolute atomic E-state index is 13.9. The van der Waals surface area contributed by atoms with Crippen LogP contribution in [0.4, 0.5) is 24.1 Å². The third-order valence-corrected chi connectivity index (χ3v) is 5.67. The molecule has 0 spiro atoms. The van der Waals surface area contributed by atoms with Crippen molar-refractivity contribution in [2.75, 3.05) is 32.5 Å². The quantitative estimate of drug-likeness (QED) is 0.779. The highest BCUT2D eigenvalue weighted by Gasteiger charge is 2.28. The van der Waals surface area contributed by atoms with E-state index in [1.807, 2.05) is 18.2 Å². The molecule has 0 aromatic heterocycles. The average Bonchev–Trinajstić information content (AvgIpc) is 3.24. The van der Waals surface area contributed by atoms with E-state index in [1.54, 1.807) is 36.0 Å². The average molecular weight is 426 g/mol. The first-order valence-electron chi connectivity index (χ1n) is 10.1. The fourth-order valence-corrected chi connectivity index (χ4v) is 3.92. The van der Waals surface area contributed by atoms with E-state index in [4.69, 9.17) is 0 Å². The second-order valence-electron chi connectivity index (χ2n) is 7.95. The molecule has 31 heavy (non-hydrogen) atoms. The van der Waals surface area contributed by atoms with Crippen molar-refractivity contribution in [2.24, 2.45) is 0 Å². The van der Waals surface area contributed by atoms with Crippen molar-refractivity contribution >= 4 is 23.3 Å². The zero-order chi connectivity index (χ0) is 22.1. The number of rotatable bonds is 2. The Kier molecular flexibility index (Phi) is 5.63. The van der Waals surface area contributed by atoms with Crippen LogP contribution in [0.2, 0.25) is 0 Å². The Hall–Kier alpha value is -3.42. The van der Waals surface area contributed by atoms with Crippen LogP contribution in [0.25, 0.3) is 5.57 Å². The summed E-state index contributed by atoms with van der Waals surface area (Å²) in [6, 6.07) is 9.21. The van der Waals surface area contributed by atoms with Gasteiger partial charge in [-0.25, -0.2) is 18.4 Å². The Labute approximate surface area is 179 Å². The number of fused-ring (bicyclic) bond motifs is 1. The molecule has 0 unspecified atom stereocenters. The summed E-state index contributed by atoms with van der Waals surface area (Å²) in [5, 5.41) is 2.79. The normalized spacial score (nSPS) is 15.4. The van der Waals surface area contributed by atoms with Crippen LogP contribution in [0.3, 0.4) is 0 Å². The number of halogens is 2. The molecule has 0 aliphatic carbocycles. The van der Waals surface area contributed by atoms with E-state index >= 15 is 0 Å². The number of hydrogen-bond acceptors (Lipinski definition) is 2. The Morgan fingerprint density at radius 1 is 0.935 bits per heavy atom. The van der Waals surface area contributed by atoms with Gasteiger partial charge in [0.05, 0.1) is 13.1 Å². The van der Waals surface area contributed by atoms with Crippen molar-refractivity contribution in [1.29, 1.82) is 0 Å². The molecule has 0 saturated carbocycles. The number of carbonyl (C=O) groups is 2. The van der Waals surface area contributed by atoms with Crippen molar-refractivity contribution in [2.45, 2.75) is 19.5 Å². The van der Waals surface area contributed by atoms with Crippen LogP contribution in [0.1, 0.15) is 23.1 Å². The van der Waals surface area contributed by atoms with Gasteiger partial charge in [-0.1, -0.05) is 18.2 Å². The predicted octanol–water partition coefficient (Wildman–Crippen LogP) is 4.28. The molecule has 0 radical (unpaired) electrons. The third kappa shape index (κ3) is 4.23. The summed E-state index contributed by atoms with van der Waals surface area (Å²) < 4.78 is 27.8. The van der Waals surface area contributed by atoms with Crippen LogP contribution >= 0.6 is 0 Å². The fraction of sp³-hybridized carbons (Fsp3) is 0.304. The van der Waals surface area contributed by atoms with E-state index in [0.717, 1.165) is 29.7 Å². The molecule has 8 heteroatoms. The predicted molar refractivity (Wildman–Crippen MR) is 114 cm³/mol. The first-order valence-corrected chi connectivity index (χ1v) is 10.1. The Balaban J connectivity index is 1.37. The molecule has 2 aromatic rings.